The molecule has 1 aliphatic rings. The predicted octanol–water partition coefficient (Wildman–Crippen LogP) is 4.38. The molecule has 5 heteroatoms. The third-order valence-corrected chi connectivity index (χ3v) is 4.56. The Morgan fingerprint density at radius 1 is 1.00 bits per heavy atom. The van der Waals surface area contributed by atoms with Crippen LogP contribution in [0.15, 0.2) is 36.4 Å². The summed E-state index contributed by atoms with van der Waals surface area (Å²) in [6.07, 6.45) is 0. The molecular formula is C19H28Cl2N2O. The molecule has 0 aliphatic carbocycles. The van der Waals surface area contributed by atoms with Gasteiger partial charge in [0, 0.05) is 37.8 Å². The van der Waals surface area contributed by atoms with Gasteiger partial charge in [0.05, 0.1) is 0 Å². The Balaban J connectivity index is 0.00000144. The van der Waals surface area contributed by atoms with Crippen LogP contribution in [0.4, 0.5) is 0 Å². The lowest BCUT2D eigenvalue weighted by Crippen LogP contribution is -2.48. The number of nitrogens with zero attached hydrogens (tertiary/aromatic N) is 1. The van der Waals surface area contributed by atoms with E-state index in [2.05, 4.69) is 55.3 Å². The average molecular weight is 371 g/mol. The number of hydrogen-bond acceptors (Lipinski definition) is 3. The van der Waals surface area contributed by atoms with Crippen LogP contribution in [0.2, 0.25) is 0 Å². The van der Waals surface area contributed by atoms with Crippen LogP contribution in [-0.4, -0.2) is 36.2 Å². The van der Waals surface area contributed by atoms with Crippen molar-refractivity contribution in [3.8, 4) is 5.75 Å². The molecule has 0 aromatic heterocycles. The fraction of sp³-hybridized carbons (Fsp3) is 0.474. The molecule has 3 nitrogen and oxygen atoms in total. The standard InChI is InChI=1S/C19H26N2O.2ClH/c1-19(2,3)18(21-12-10-20-11-13-21)17-15-7-5-4-6-14(15)8-9-16(17)22;;/h4-9,18,20,22H,10-13H2,1-3H3;2*1H/t18-;;/m1../s1. The van der Waals surface area contributed by atoms with Crippen LogP contribution < -0.4 is 5.32 Å². The van der Waals surface area contributed by atoms with Gasteiger partial charge in [-0.05, 0) is 22.3 Å². The van der Waals surface area contributed by atoms with Crippen molar-refractivity contribution < 1.29 is 5.11 Å². The zero-order chi connectivity index (χ0) is 15.7. The van der Waals surface area contributed by atoms with E-state index < -0.39 is 0 Å². The predicted molar refractivity (Wildman–Crippen MR) is 107 cm³/mol. The number of piperazine rings is 1. The lowest BCUT2D eigenvalue weighted by Gasteiger charge is -2.43. The smallest absolute Gasteiger partial charge is 0.121 e. The van der Waals surface area contributed by atoms with Crippen molar-refractivity contribution in [2.45, 2.75) is 26.8 Å². The highest BCUT2D eigenvalue weighted by Gasteiger charge is 2.35. The first-order valence-electron chi connectivity index (χ1n) is 8.14. The number of phenolic OH excluding ortho intramolecular Hbond substituents is 1. The van der Waals surface area contributed by atoms with Crippen LogP contribution in [0.25, 0.3) is 10.8 Å². The molecule has 0 unspecified atom stereocenters. The molecule has 0 bridgehead atoms. The molecule has 1 saturated heterocycles. The van der Waals surface area contributed by atoms with Gasteiger partial charge < -0.3 is 10.4 Å². The van der Waals surface area contributed by atoms with Gasteiger partial charge in [-0.2, -0.15) is 0 Å². The normalized spacial score (nSPS) is 17.0. The van der Waals surface area contributed by atoms with E-state index in [4.69, 9.17) is 0 Å². The van der Waals surface area contributed by atoms with E-state index in [0.717, 1.165) is 31.7 Å². The number of fused-ring (bicyclic) bond motifs is 1. The third-order valence-electron chi connectivity index (χ3n) is 4.56. The number of phenols is 1. The zero-order valence-electron chi connectivity index (χ0n) is 14.6. The number of halogens is 2. The second-order valence-electron chi connectivity index (χ2n) is 7.27. The van der Waals surface area contributed by atoms with Crippen molar-refractivity contribution >= 4 is 35.6 Å². The molecule has 134 valence electrons. The summed E-state index contributed by atoms with van der Waals surface area (Å²) in [6.45, 7) is 10.9. The summed E-state index contributed by atoms with van der Waals surface area (Å²) >= 11 is 0. The summed E-state index contributed by atoms with van der Waals surface area (Å²) < 4.78 is 0. The third kappa shape index (κ3) is 4.15. The fourth-order valence-corrected chi connectivity index (χ4v) is 3.68. The van der Waals surface area contributed by atoms with E-state index in [1.165, 1.54) is 10.8 Å². The number of nitrogens with one attached hydrogen (secondary N) is 1. The quantitative estimate of drug-likeness (QED) is 0.822. The minimum Gasteiger partial charge on any atom is -0.508 e. The summed E-state index contributed by atoms with van der Waals surface area (Å²) in [4.78, 5) is 2.51. The monoisotopic (exact) mass is 370 g/mol. The van der Waals surface area contributed by atoms with Crippen molar-refractivity contribution in [3.63, 3.8) is 0 Å². The highest BCUT2D eigenvalue weighted by Crippen LogP contribution is 2.44. The molecule has 0 saturated carbocycles. The van der Waals surface area contributed by atoms with Gasteiger partial charge in [-0.15, -0.1) is 24.8 Å². The van der Waals surface area contributed by atoms with Crippen molar-refractivity contribution in [3.05, 3.63) is 42.0 Å². The largest absolute Gasteiger partial charge is 0.508 e. The Bertz CT molecular complexity index is 664. The molecule has 3 rings (SSSR count). The number of rotatable bonds is 2. The van der Waals surface area contributed by atoms with Crippen molar-refractivity contribution in [1.29, 1.82) is 0 Å². The van der Waals surface area contributed by atoms with Crippen molar-refractivity contribution in [1.82, 2.24) is 10.2 Å². The molecule has 0 radical (unpaired) electrons. The van der Waals surface area contributed by atoms with E-state index in [1.54, 1.807) is 0 Å². The molecule has 1 heterocycles. The van der Waals surface area contributed by atoms with Crippen molar-refractivity contribution in [2.75, 3.05) is 26.2 Å². The van der Waals surface area contributed by atoms with E-state index in [9.17, 15) is 5.11 Å². The molecule has 2 aromatic rings. The molecule has 1 atom stereocenters. The minimum absolute atomic E-state index is 0. The van der Waals surface area contributed by atoms with Crippen LogP contribution in [0, 0.1) is 5.41 Å². The Labute approximate surface area is 157 Å². The zero-order valence-corrected chi connectivity index (χ0v) is 16.2. The summed E-state index contributed by atoms with van der Waals surface area (Å²) in [7, 11) is 0. The van der Waals surface area contributed by atoms with Crippen LogP contribution in [-0.2, 0) is 0 Å². The number of benzene rings is 2. The minimum atomic E-state index is 0. The Morgan fingerprint density at radius 2 is 1.62 bits per heavy atom. The van der Waals surface area contributed by atoms with E-state index >= 15 is 0 Å². The first-order valence-corrected chi connectivity index (χ1v) is 8.14. The van der Waals surface area contributed by atoms with Crippen LogP contribution >= 0.6 is 24.8 Å². The highest BCUT2D eigenvalue weighted by molar-refractivity contribution is 5.88. The second kappa shape index (κ2) is 8.39. The van der Waals surface area contributed by atoms with E-state index in [-0.39, 0.29) is 36.3 Å². The van der Waals surface area contributed by atoms with Crippen LogP contribution in [0.5, 0.6) is 5.75 Å². The van der Waals surface area contributed by atoms with Gasteiger partial charge in [0.15, 0.2) is 0 Å². The van der Waals surface area contributed by atoms with Gasteiger partial charge >= 0.3 is 0 Å². The van der Waals surface area contributed by atoms with Gasteiger partial charge in [-0.25, -0.2) is 0 Å². The Morgan fingerprint density at radius 3 is 2.25 bits per heavy atom. The lowest BCUT2D eigenvalue weighted by atomic mass is 9.79. The number of hydrogen-bond donors (Lipinski definition) is 2. The maximum Gasteiger partial charge on any atom is 0.121 e. The first-order chi connectivity index (χ1) is 10.5. The lowest BCUT2D eigenvalue weighted by molar-refractivity contribution is 0.0853. The molecule has 1 aliphatic heterocycles. The van der Waals surface area contributed by atoms with Crippen LogP contribution in [0.3, 0.4) is 0 Å². The summed E-state index contributed by atoms with van der Waals surface area (Å²) in [5.41, 5.74) is 1.13. The van der Waals surface area contributed by atoms with Gasteiger partial charge in [-0.1, -0.05) is 51.1 Å². The summed E-state index contributed by atoms with van der Waals surface area (Å²) in [6, 6.07) is 12.4. The summed E-state index contributed by atoms with van der Waals surface area (Å²) in [5.74, 6) is 0.414. The average Bonchev–Trinajstić information content (AvgIpc) is 2.50. The summed E-state index contributed by atoms with van der Waals surface area (Å²) in [5, 5.41) is 16.4. The second-order valence-corrected chi connectivity index (χ2v) is 7.27. The molecular weight excluding hydrogens is 343 g/mol. The SMILES string of the molecule is CC(C)(C)[C@@H](c1c(O)ccc2ccccc12)N1CCNCC1.Cl.Cl. The Kier molecular flexibility index (Phi) is 7.36. The van der Waals surface area contributed by atoms with Gasteiger partial charge in [0.2, 0.25) is 0 Å². The molecule has 24 heavy (non-hydrogen) atoms. The maximum absolute atomic E-state index is 10.6. The van der Waals surface area contributed by atoms with Gasteiger partial charge in [-0.3, -0.25) is 4.90 Å². The molecule has 0 amide bonds. The maximum atomic E-state index is 10.6. The Hall–Kier alpha value is -1.00. The fourth-order valence-electron chi connectivity index (χ4n) is 3.68. The van der Waals surface area contributed by atoms with Gasteiger partial charge in [0.1, 0.15) is 5.75 Å². The number of aromatic hydroxyl groups is 1. The van der Waals surface area contributed by atoms with E-state index in [0.29, 0.717) is 5.75 Å². The van der Waals surface area contributed by atoms with Gasteiger partial charge in [0.25, 0.3) is 0 Å². The van der Waals surface area contributed by atoms with Crippen molar-refractivity contribution in [2.24, 2.45) is 5.41 Å². The van der Waals surface area contributed by atoms with Crippen LogP contribution in [0.1, 0.15) is 32.4 Å². The molecule has 0 spiro atoms. The molecule has 2 N–H and O–H groups in total. The highest BCUT2D eigenvalue weighted by atomic mass is 35.5. The first kappa shape index (κ1) is 21.0. The van der Waals surface area contributed by atoms with E-state index in [1.807, 2.05) is 12.1 Å². The molecule has 1 fully saturated rings. The topological polar surface area (TPSA) is 35.5 Å². The molecule has 2 aromatic carbocycles.